The Balaban J connectivity index is 2.46. The predicted molar refractivity (Wildman–Crippen MR) is 77.1 cm³/mol. The third-order valence-corrected chi connectivity index (χ3v) is 3.84. The highest BCUT2D eigenvalue weighted by Crippen LogP contribution is 2.28. The van der Waals surface area contributed by atoms with Crippen LogP contribution in [0.3, 0.4) is 0 Å². The van der Waals surface area contributed by atoms with Crippen molar-refractivity contribution in [2.75, 3.05) is 19.8 Å². The summed E-state index contributed by atoms with van der Waals surface area (Å²) in [5.41, 5.74) is 6.14. The first kappa shape index (κ1) is 15.6. The number of hydrogen-bond acceptors (Lipinski definition) is 4. The minimum atomic E-state index is -0.000994. The van der Waals surface area contributed by atoms with Gasteiger partial charge in [0.15, 0.2) is 0 Å². The second-order valence-electron chi connectivity index (χ2n) is 4.42. The SMILES string of the molecule is CCCOCCOC(c1ccc(C)s1)C(N)CC. The molecule has 0 aliphatic heterocycles. The molecule has 0 fully saturated rings. The molecule has 0 aromatic carbocycles. The van der Waals surface area contributed by atoms with Crippen LogP contribution in [0.25, 0.3) is 0 Å². The van der Waals surface area contributed by atoms with E-state index in [2.05, 4.69) is 32.9 Å². The van der Waals surface area contributed by atoms with Gasteiger partial charge in [0.2, 0.25) is 0 Å². The van der Waals surface area contributed by atoms with E-state index in [4.69, 9.17) is 15.2 Å². The zero-order valence-electron chi connectivity index (χ0n) is 11.6. The van der Waals surface area contributed by atoms with E-state index in [1.807, 2.05) is 0 Å². The minimum Gasteiger partial charge on any atom is -0.379 e. The molecule has 0 aliphatic rings. The summed E-state index contributed by atoms with van der Waals surface area (Å²) in [6.07, 6.45) is 1.96. The van der Waals surface area contributed by atoms with Crippen molar-refractivity contribution in [3.63, 3.8) is 0 Å². The van der Waals surface area contributed by atoms with Crippen molar-refractivity contribution in [1.82, 2.24) is 0 Å². The van der Waals surface area contributed by atoms with E-state index in [0.29, 0.717) is 13.2 Å². The molecule has 104 valence electrons. The Kier molecular flexibility index (Phi) is 7.51. The summed E-state index contributed by atoms with van der Waals surface area (Å²) in [7, 11) is 0. The number of rotatable bonds is 9. The smallest absolute Gasteiger partial charge is 0.107 e. The van der Waals surface area contributed by atoms with E-state index >= 15 is 0 Å². The van der Waals surface area contributed by atoms with Crippen LogP contribution in [0.1, 0.15) is 42.5 Å². The Morgan fingerprint density at radius 2 is 2.00 bits per heavy atom. The van der Waals surface area contributed by atoms with Gasteiger partial charge in [-0.3, -0.25) is 0 Å². The van der Waals surface area contributed by atoms with Crippen LogP contribution in [0.15, 0.2) is 12.1 Å². The van der Waals surface area contributed by atoms with E-state index in [-0.39, 0.29) is 12.1 Å². The van der Waals surface area contributed by atoms with Crippen molar-refractivity contribution in [3.05, 3.63) is 21.9 Å². The molecule has 0 spiro atoms. The Hall–Kier alpha value is -0.420. The van der Waals surface area contributed by atoms with E-state index in [0.717, 1.165) is 19.4 Å². The standard InChI is InChI=1S/C14H25NO2S/c1-4-8-16-9-10-17-14(12(15)5-2)13-7-6-11(3)18-13/h6-7,12,14H,4-5,8-10,15H2,1-3H3. The molecule has 0 amide bonds. The van der Waals surface area contributed by atoms with E-state index < -0.39 is 0 Å². The van der Waals surface area contributed by atoms with Gasteiger partial charge in [-0.15, -0.1) is 11.3 Å². The Labute approximate surface area is 114 Å². The molecule has 0 radical (unpaired) electrons. The molecular formula is C14H25NO2S. The molecule has 1 rings (SSSR count). The maximum absolute atomic E-state index is 6.14. The number of hydrogen-bond donors (Lipinski definition) is 1. The highest BCUT2D eigenvalue weighted by molar-refractivity contribution is 7.12. The van der Waals surface area contributed by atoms with Gasteiger partial charge in [0.25, 0.3) is 0 Å². The lowest BCUT2D eigenvalue weighted by atomic mass is 10.1. The lowest BCUT2D eigenvalue weighted by Gasteiger charge is -2.22. The molecule has 0 bridgehead atoms. The molecule has 4 heteroatoms. The van der Waals surface area contributed by atoms with Gasteiger partial charge in [0.1, 0.15) is 6.10 Å². The molecule has 1 aromatic rings. The summed E-state index contributed by atoms with van der Waals surface area (Å²) in [5, 5.41) is 0. The number of ether oxygens (including phenoxy) is 2. The van der Waals surface area contributed by atoms with Crippen LogP contribution in [0.5, 0.6) is 0 Å². The lowest BCUT2D eigenvalue weighted by Crippen LogP contribution is -2.29. The van der Waals surface area contributed by atoms with E-state index in [9.17, 15) is 0 Å². The molecule has 1 aromatic heterocycles. The van der Waals surface area contributed by atoms with Crippen LogP contribution in [0, 0.1) is 6.92 Å². The molecule has 0 saturated carbocycles. The van der Waals surface area contributed by atoms with Crippen molar-refractivity contribution < 1.29 is 9.47 Å². The van der Waals surface area contributed by atoms with Crippen molar-refractivity contribution in [3.8, 4) is 0 Å². The van der Waals surface area contributed by atoms with Gasteiger partial charge in [-0.1, -0.05) is 13.8 Å². The zero-order valence-corrected chi connectivity index (χ0v) is 12.5. The fraction of sp³-hybridized carbons (Fsp3) is 0.714. The molecule has 2 atom stereocenters. The first-order valence-electron chi connectivity index (χ1n) is 6.70. The van der Waals surface area contributed by atoms with Gasteiger partial charge in [-0.05, 0) is 31.9 Å². The third kappa shape index (κ3) is 5.06. The summed E-state index contributed by atoms with van der Waals surface area (Å²) in [4.78, 5) is 2.52. The number of aryl methyl sites for hydroxylation is 1. The summed E-state index contributed by atoms with van der Waals surface area (Å²) < 4.78 is 11.3. The fourth-order valence-corrected chi connectivity index (χ4v) is 2.72. The lowest BCUT2D eigenvalue weighted by molar-refractivity contribution is -0.00608. The van der Waals surface area contributed by atoms with Crippen molar-refractivity contribution in [1.29, 1.82) is 0 Å². The van der Waals surface area contributed by atoms with Crippen LogP contribution in [0.4, 0.5) is 0 Å². The molecule has 18 heavy (non-hydrogen) atoms. The van der Waals surface area contributed by atoms with Crippen molar-refractivity contribution in [2.24, 2.45) is 5.73 Å². The van der Waals surface area contributed by atoms with Gasteiger partial charge in [0.05, 0.1) is 13.2 Å². The summed E-state index contributed by atoms with van der Waals surface area (Å²) in [6, 6.07) is 4.29. The average molecular weight is 271 g/mol. The third-order valence-electron chi connectivity index (χ3n) is 2.78. The molecule has 1 heterocycles. The van der Waals surface area contributed by atoms with Crippen LogP contribution in [-0.2, 0) is 9.47 Å². The van der Waals surface area contributed by atoms with E-state index in [1.54, 1.807) is 11.3 Å². The second kappa shape index (κ2) is 8.64. The first-order valence-corrected chi connectivity index (χ1v) is 7.51. The maximum atomic E-state index is 6.14. The van der Waals surface area contributed by atoms with Crippen LogP contribution >= 0.6 is 11.3 Å². The molecule has 0 saturated heterocycles. The summed E-state index contributed by atoms with van der Waals surface area (Å²) >= 11 is 1.76. The Morgan fingerprint density at radius 1 is 1.22 bits per heavy atom. The normalized spacial score (nSPS) is 14.7. The Bertz CT molecular complexity index is 327. The van der Waals surface area contributed by atoms with Crippen LogP contribution in [-0.4, -0.2) is 25.9 Å². The topological polar surface area (TPSA) is 44.5 Å². The van der Waals surface area contributed by atoms with Crippen molar-refractivity contribution in [2.45, 2.75) is 45.8 Å². The highest BCUT2D eigenvalue weighted by Gasteiger charge is 2.20. The number of nitrogens with two attached hydrogens (primary N) is 1. The predicted octanol–water partition coefficient (Wildman–Crippen LogP) is 3.28. The van der Waals surface area contributed by atoms with Gasteiger partial charge in [0, 0.05) is 22.4 Å². The Morgan fingerprint density at radius 3 is 2.56 bits per heavy atom. The minimum absolute atomic E-state index is 0.000994. The van der Waals surface area contributed by atoms with Gasteiger partial charge < -0.3 is 15.2 Å². The number of thiophene rings is 1. The maximum Gasteiger partial charge on any atom is 0.107 e. The van der Waals surface area contributed by atoms with Crippen LogP contribution < -0.4 is 5.73 Å². The molecule has 0 aliphatic carbocycles. The zero-order chi connectivity index (χ0) is 13.4. The highest BCUT2D eigenvalue weighted by atomic mass is 32.1. The van der Waals surface area contributed by atoms with Crippen molar-refractivity contribution >= 4 is 11.3 Å². The van der Waals surface area contributed by atoms with Crippen LogP contribution in [0.2, 0.25) is 0 Å². The summed E-state index contributed by atoms with van der Waals surface area (Å²) in [6.45, 7) is 8.35. The molecular weight excluding hydrogens is 246 g/mol. The summed E-state index contributed by atoms with van der Waals surface area (Å²) in [5.74, 6) is 0. The molecule has 2 unspecified atom stereocenters. The van der Waals surface area contributed by atoms with Gasteiger partial charge in [-0.2, -0.15) is 0 Å². The van der Waals surface area contributed by atoms with E-state index in [1.165, 1.54) is 9.75 Å². The first-order chi connectivity index (χ1) is 8.69. The largest absolute Gasteiger partial charge is 0.379 e. The van der Waals surface area contributed by atoms with Gasteiger partial charge >= 0.3 is 0 Å². The second-order valence-corrected chi connectivity index (χ2v) is 5.74. The molecule has 3 nitrogen and oxygen atoms in total. The quantitative estimate of drug-likeness (QED) is 0.701. The van der Waals surface area contributed by atoms with Gasteiger partial charge in [-0.25, -0.2) is 0 Å². The monoisotopic (exact) mass is 271 g/mol. The molecule has 2 N–H and O–H groups in total. The fourth-order valence-electron chi connectivity index (χ4n) is 1.72. The average Bonchev–Trinajstić information content (AvgIpc) is 2.79.